The molecule has 1 heterocycles. The quantitative estimate of drug-likeness (QED) is 0.773. The monoisotopic (exact) mass is 353 g/mol. The van der Waals surface area contributed by atoms with Crippen molar-refractivity contribution in [2.24, 2.45) is 11.8 Å². The third kappa shape index (κ3) is 3.50. The molecule has 0 bridgehead atoms. The standard InChI is InChI=1S/C22H27NO3/c24-15-21(17-6-8-20(25)9-7-17)23-13-18-11-22(26,12-19(18)14-23)10-16-4-2-1-3-5-16/h1-9,18-19,21,24-26H,10-15H2/t18-,19+,21-,22-/m1/s1. The van der Waals surface area contributed by atoms with Crippen molar-refractivity contribution in [1.82, 2.24) is 4.90 Å². The van der Waals surface area contributed by atoms with Gasteiger partial charge >= 0.3 is 0 Å². The summed E-state index contributed by atoms with van der Waals surface area (Å²) in [5.41, 5.74) is 1.63. The molecule has 2 aromatic carbocycles. The minimum absolute atomic E-state index is 0.0385. The Morgan fingerprint density at radius 3 is 2.15 bits per heavy atom. The fourth-order valence-electron chi connectivity index (χ4n) is 5.00. The van der Waals surface area contributed by atoms with Gasteiger partial charge in [-0.1, -0.05) is 42.5 Å². The Morgan fingerprint density at radius 1 is 0.962 bits per heavy atom. The first-order chi connectivity index (χ1) is 12.6. The van der Waals surface area contributed by atoms with E-state index in [1.807, 2.05) is 30.3 Å². The number of likely N-dealkylation sites (tertiary alicyclic amines) is 1. The second-order valence-corrected chi connectivity index (χ2v) is 8.06. The van der Waals surface area contributed by atoms with Gasteiger partial charge in [-0.25, -0.2) is 0 Å². The summed E-state index contributed by atoms with van der Waals surface area (Å²) < 4.78 is 0. The number of benzene rings is 2. The van der Waals surface area contributed by atoms with Crippen LogP contribution in [-0.2, 0) is 6.42 Å². The van der Waals surface area contributed by atoms with Gasteiger partial charge in [-0.15, -0.1) is 0 Å². The molecule has 0 spiro atoms. The first-order valence-electron chi connectivity index (χ1n) is 9.46. The van der Waals surface area contributed by atoms with Gasteiger partial charge in [0.2, 0.25) is 0 Å². The number of aromatic hydroxyl groups is 1. The molecule has 4 atom stereocenters. The largest absolute Gasteiger partial charge is 0.508 e. The molecule has 0 amide bonds. The molecule has 2 aromatic rings. The molecule has 1 saturated heterocycles. The van der Waals surface area contributed by atoms with Crippen molar-refractivity contribution in [2.45, 2.75) is 30.9 Å². The SMILES string of the molecule is OC[C@H](c1ccc(O)cc1)N1C[C@@H]2C[C@@](O)(Cc3ccccc3)C[C@@H]2C1. The number of hydrogen-bond acceptors (Lipinski definition) is 4. The van der Waals surface area contributed by atoms with Crippen LogP contribution in [0.1, 0.15) is 30.0 Å². The van der Waals surface area contributed by atoms with Gasteiger partial charge < -0.3 is 15.3 Å². The van der Waals surface area contributed by atoms with Gasteiger partial charge in [-0.2, -0.15) is 0 Å². The Balaban J connectivity index is 1.42. The Labute approximate surface area is 154 Å². The highest BCUT2D eigenvalue weighted by Crippen LogP contribution is 2.47. The van der Waals surface area contributed by atoms with E-state index in [4.69, 9.17) is 0 Å². The van der Waals surface area contributed by atoms with E-state index >= 15 is 0 Å². The predicted molar refractivity (Wildman–Crippen MR) is 101 cm³/mol. The van der Waals surface area contributed by atoms with Crippen LogP contribution in [-0.4, -0.2) is 45.5 Å². The molecule has 26 heavy (non-hydrogen) atoms. The smallest absolute Gasteiger partial charge is 0.115 e. The van der Waals surface area contributed by atoms with E-state index in [2.05, 4.69) is 17.0 Å². The molecule has 4 nitrogen and oxygen atoms in total. The Bertz CT molecular complexity index is 717. The number of aliphatic hydroxyl groups is 2. The van der Waals surface area contributed by atoms with Crippen LogP contribution in [0.5, 0.6) is 5.75 Å². The van der Waals surface area contributed by atoms with E-state index in [1.54, 1.807) is 12.1 Å². The molecule has 2 fully saturated rings. The number of phenols is 1. The average molecular weight is 353 g/mol. The highest BCUT2D eigenvalue weighted by Gasteiger charge is 2.49. The number of phenolic OH excluding ortho intramolecular Hbond substituents is 1. The highest BCUT2D eigenvalue weighted by molar-refractivity contribution is 5.28. The first-order valence-corrected chi connectivity index (χ1v) is 9.46. The molecule has 3 N–H and O–H groups in total. The fourth-order valence-corrected chi connectivity index (χ4v) is 5.00. The molecule has 4 heteroatoms. The Morgan fingerprint density at radius 2 is 1.58 bits per heavy atom. The Kier molecular flexibility index (Phi) is 4.74. The van der Waals surface area contributed by atoms with E-state index in [0.29, 0.717) is 11.8 Å². The van der Waals surface area contributed by atoms with Gasteiger partial charge in [0.25, 0.3) is 0 Å². The lowest BCUT2D eigenvalue weighted by Gasteiger charge is -2.30. The van der Waals surface area contributed by atoms with Crippen molar-refractivity contribution in [1.29, 1.82) is 0 Å². The Hall–Kier alpha value is -1.88. The van der Waals surface area contributed by atoms with Crippen molar-refractivity contribution in [3.05, 3.63) is 65.7 Å². The van der Waals surface area contributed by atoms with E-state index in [9.17, 15) is 15.3 Å². The number of hydrogen-bond donors (Lipinski definition) is 3. The normalized spacial score (nSPS) is 29.6. The summed E-state index contributed by atoms with van der Waals surface area (Å²) in [6, 6.07) is 17.3. The van der Waals surface area contributed by atoms with Crippen molar-refractivity contribution in [3.63, 3.8) is 0 Å². The zero-order chi connectivity index (χ0) is 18.1. The molecule has 138 valence electrons. The van der Waals surface area contributed by atoms with Crippen LogP contribution in [0.3, 0.4) is 0 Å². The lowest BCUT2D eigenvalue weighted by Crippen LogP contribution is -2.34. The van der Waals surface area contributed by atoms with Gasteiger partial charge in [0.1, 0.15) is 5.75 Å². The van der Waals surface area contributed by atoms with Crippen LogP contribution in [0, 0.1) is 11.8 Å². The number of fused-ring (bicyclic) bond motifs is 1. The van der Waals surface area contributed by atoms with Crippen LogP contribution in [0.4, 0.5) is 0 Å². The molecule has 4 rings (SSSR count). The average Bonchev–Trinajstić information content (AvgIpc) is 3.12. The van der Waals surface area contributed by atoms with Gasteiger partial charge in [0.15, 0.2) is 0 Å². The third-order valence-electron chi connectivity index (χ3n) is 6.16. The van der Waals surface area contributed by atoms with Crippen molar-refractivity contribution >= 4 is 0 Å². The minimum atomic E-state index is -0.601. The maximum absolute atomic E-state index is 11.1. The van der Waals surface area contributed by atoms with E-state index < -0.39 is 5.60 Å². The van der Waals surface area contributed by atoms with Crippen LogP contribution < -0.4 is 0 Å². The summed E-state index contributed by atoms with van der Waals surface area (Å²) in [5, 5.41) is 30.5. The second-order valence-electron chi connectivity index (χ2n) is 8.06. The van der Waals surface area contributed by atoms with Crippen LogP contribution in [0.2, 0.25) is 0 Å². The summed E-state index contributed by atoms with van der Waals surface area (Å²) in [6.07, 6.45) is 2.38. The number of nitrogens with zero attached hydrogens (tertiary/aromatic N) is 1. The van der Waals surface area contributed by atoms with Gasteiger partial charge in [0.05, 0.1) is 18.2 Å². The second kappa shape index (κ2) is 7.03. The number of rotatable bonds is 5. The lowest BCUT2D eigenvalue weighted by atomic mass is 9.91. The summed E-state index contributed by atoms with van der Waals surface area (Å²) in [4.78, 5) is 2.34. The molecule has 0 unspecified atom stereocenters. The fraction of sp³-hybridized carbons (Fsp3) is 0.455. The summed E-state index contributed by atoms with van der Waals surface area (Å²) in [6.45, 7) is 1.89. The molecular formula is C22H27NO3. The number of aliphatic hydroxyl groups excluding tert-OH is 1. The molecule has 0 radical (unpaired) electrons. The van der Waals surface area contributed by atoms with E-state index in [-0.39, 0.29) is 18.4 Å². The maximum Gasteiger partial charge on any atom is 0.115 e. The summed E-state index contributed by atoms with van der Waals surface area (Å²) >= 11 is 0. The van der Waals surface area contributed by atoms with Crippen molar-refractivity contribution in [3.8, 4) is 5.75 Å². The van der Waals surface area contributed by atoms with Crippen molar-refractivity contribution in [2.75, 3.05) is 19.7 Å². The van der Waals surface area contributed by atoms with Crippen molar-refractivity contribution < 1.29 is 15.3 Å². The maximum atomic E-state index is 11.1. The molecular weight excluding hydrogens is 326 g/mol. The lowest BCUT2D eigenvalue weighted by molar-refractivity contribution is 0.0312. The zero-order valence-corrected chi connectivity index (χ0v) is 15.0. The molecule has 2 aliphatic rings. The summed E-state index contributed by atoms with van der Waals surface area (Å²) in [7, 11) is 0. The highest BCUT2D eigenvalue weighted by atomic mass is 16.3. The van der Waals surface area contributed by atoms with Gasteiger partial charge in [-0.05, 0) is 47.9 Å². The molecule has 1 saturated carbocycles. The topological polar surface area (TPSA) is 63.9 Å². The molecule has 1 aliphatic carbocycles. The molecule has 0 aromatic heterocycles. The summed E-state index contributed by atoms with van der Waals surface area (Å²) in [5.74, 6) is 1.21. The minimum Gasteiger partial charge on any atom is -0.508 e. The van der Waals surface area contributed by atoms with Crippen LogP contribution in [0.15, 0.2) is 54.6 Å². The van der Waals surface area contributed by atoms with Gasteiger partial charge in [0, 0.05) is 19.5 Å². The zero-order valence-electron chi connectivity index (χ0n) is 15.0. The van der Waals surface area contributed by atoms with Crippen LogP contribution in [0.25, 0.3) is 0 Å². The predicted octanol–water partition coefficient (Wildman–Crippen LogP) is 2.74. The third-order valence-corrected chi connectivity index (χ3v) is 6.16. The molecule has 1 aliphatic heterocycles. The van der Waals surface area contributed by atoms with Crippen LogP contribution >= 0.6 is 0 Å². The van der Waals surface area contributed by atoms with Gasteiger partial charge in [-0.3, -0.25) is 4.90 Å². The van der Waals surface area contributed by atoms with E-state index in [1.165, 1.54) is 5.56 Å². The first kappa shape index (κ1) is 17.5. The van der Waals surface area contributed by atoms with E-state index in [0.717, 1.165) is 37.9 Å².